The predicted octanol–water partition coefficient (Wildman–Crippen LogP) is 6.10. The first-order chi connectivity index (χ1) is 25.4. The Hall–Kier alpha value is -4.13. The van der Waals surface area contributed by atoms with E-state index in [9.17, 15) is 14.4 Å². The van der Waals surface area contributed by atoms with E-state index in [0.717, 1.165) is 68.9 Å². The molecule has 0 spiro atoms. The number of pyridine rings is 1. The van der Waals surface area contributed by atoms with Gasteiger partial charge in [-0.2, -0.15) is 0 Å². The molecule has 3 aromatic heterocycles. The number of benzene rings is 1. The minimum atomic E-state index is -0.820. The molecule has 2 saturated carbocycles. The highest BCUT2D eigenvalue weighted by Gasteiger charge is 2.52. The summed E-state index contributed by atoms with van der Waals surface area (Å²) in [6.07, 6.45) is 5.89. The van der Waals surface area contributed by atoms with Gasteiger partial charge in [0.05, 0.1) is 29.1 Å². The lowest BCUT2D eigenvalue weighted by atomic mass is 9.73. The molecule has 9 rings (SSSR count). The molecule has 4 aromatic rings. The predicted molar refractivity (Wildman–Crippen MR) is 204 cm³/mol. The lowest BCUT2D eigenvalue weighted by Gasteiger charge is -2.53. The number of ether oxygens (including phenoxy) is 2. The summed E-state index contributed by atoms with van der Waals surface area (Å²) in [7, 11) is 1.72. The van der Waals surface area contributed by atoms with Gasteiger partial charge < -0.3 is 19.4 Å². The van der Waals surface area contributed by atoms with Crippen LogP contribution in [0.2, 0.25) is 0 Å². The van der Waals surface area contributed by atoms with Gasteiger partial charge in [-0.25, -0.2) is 10.4 Å². The molecule has 5 unspecified atom stereocenters. The molecule has 53 heavy (non-hydrogen) atoms. The fourth-order valence-corrected chi connectivity index (χ4v) is 9.66. The van der Waals surface area contributed by atoms with E-state index >= 15 is 0 Å². The second-order valence-corrected chi connectivity index (χ2v) is 17.4. The Morgan fingerprint density at radius 3 is 2.68 bits per heavy atom. The zero-order valence-corrected chi connectivity index (χ0v) is 32.5. The number of nitrogens with zero attached hydrogens (tertiary/aromatic N) is 4. The normalized spacial score (nSPS) is 28.5. The van der Waals surface area contributed by atoms with Crippen molar-refractivity contribution in [1.29, 1.82) is 0 Å². The van der Waals surface area contributed by atoms with Gasteiger partial charge in [0.15, 0.2) is 0 Å². The molecular weight excluding hydrogens is 689 g/mol. The maximum atomic E-state index is 14.3. The van der Waals surface area contributed by atoms with Crippen molar-refractivity contribution in [3.63, 3.8) is 0 Å². The molecule has 280 valence electrons. The van der Waals surface area contributed by atoms with Crippen molar-refractivity contribution in [3.05, 3.63) is 58.2 Å². The largest absolute Gasteiger partial charge is 0.464 e. The number of methoxy groups -OCH3 is 1. The number of nitrogens with one attached hydrogen (secondary N) is 2. The molecule has 5 aliphatic rings. The number of hydrazine groups is 1. The second-order valence-electron chi connectivity index (χ2n) is 16.4. The van der Waals surface area contributed by atoms with Crippen molar-refractivity contribution in [2.75, 3.05) is 13.7 Å². The summed E-state index contributed by atoms with van der Waals surface area (Å²) in [5, 5.41) is 8.62. The standard InChI is InChI=1S/C41H50N6O5S/c1-8-46-33-10-9-24-15-28(33)29(37(46)27-11-12-42-18-30(27)23(4)51-7)17-41(5,6)20-52-40(50)36-25-13-26(14-25)47(45-36)39(49)31(16-34-43-32(24)19-53-34)44-38(48)35-21(2)22(35)3/h9-12,15,18-19,21-23,25-26,31,35-36,45H,8,13-14,16-17,20H2,1-7H3,(H,44,48). The number of thiazole rings is 1. The zero-order chi connectivity index (χ0) is 37.3. The number of carbonyl (C=O) groups excluding carboxylic acids is 3. The van der Waals surface area contributed by atoms with Crippen LogP contribution in [0.1, 0.15) is 76.6 Å². The van der Waals surface area contributed by atoms with Crippen LogP contribution in [0.4, 0.5) is 0 Å². The Bertz CT molecular complexity index is 2080. The quantitative estimate of drug-likeness (QED) is 0.227. The van der Waals surface area contributed by atoms with E-state index in [-0.39, 0.29) is 66.6 Å². The maximum Gasteiger partial charge on any atom is 0.325 e. The zero-order valence-electron chi connectivity index (χ0n) is 31.6. The van der Waals surface area contributed by atoms with Gasteiger partial charge in [0.25, 0.3) is 5.91 Å². The minimum absolute atomic E-state index is 0.0336. The third-order valence-electron chi connectivity index (χ3n) is 12.4. The molecule has 2 saturated heterocycles. The SMILES string of the molecule is CCn1c(-c2ccncc2C(C)OC)c2c3cc(ccc31)-c1csc(n1)CC(NC(=O)C1C(C)C1C)C(=O)N1NC(C(=O)OCC(C)(C)C2)C2CC1C2. The summed E-state index contributed by atoms with van der Waals surface area (Å²) in [5.74, 6) is -0.166. The number of aromatic nitrogens is 3. The van der Waals surface area contributed by atoms with Crippen molar-refractivity contribution >= 4 is 40.0 Å². The Morgan fingerprint density at radius 2 is 1.96 bits per heavy atom. The van der Waals surface area contributed by atoms with E-state index in [0.29, 0.717) is 6.42 Å². The number of esters is 1. The second kappa shape index (κ2) is 13.6. The monoisotopic (exact) mass is 738 g/mol. The van der Waals surface area contributed by atoms with E-state index in [1.54, 1.807) is 12.1 Å². The van der Waals surface area contributed by atoms with Crippen LogP contribution < -0.4 is 10.7 Å². The van der Waals surface area contributed by atoms with E-state index < -0.39 is 17.5 Å². The average Bonchev–Trinajstić information content (AvgIpc) is 3.42. The maximum absolute atomic E-state index is 14.3. The highest BCUT2D eigenvalue weighted by molar-refractivity contribution is 7.10. The smallest absolute Gasteiger partial charge is 0.325 e. The van der Waals surface area contributed by atoms with E-state index in [2.05, 4.69) is 79.2 Å². The summed E-state index contributed by atoms with van der Waals surface area (Å²) < 4.78 is 14.3. The Labute approximate surface area is 314 Å². The molecule has 6 heterocycles. The van der Waals surface area contributed by atoms with Gasteiger partial charge in [0.2, 0.25) is 5.91 Å². The molecule has 5 atom stereocenters. The molecule has 2 aliphatic carbocycles. The Morgan fingerprint density at radius 1 is 1.19 bits per heavy atom. The number of carbonyl (C=O) groups is 3. The number of hydrogen-bond acceptors (Lipinski definition) is 9. The minimum Gasteiger partial charge on any atom is -0.464 e. The number of aryl methyl sites for hydroxylation is 1. The fraction of sp³-hybridized carbons (Fsp3) is 0.537. The highest BCUT2D eigenvalue weighted by Crippen LogP contribution is 2.46. The molecule has 11 nitrogen and oxygen atoms in total. The molecule has 3 aliphatic heterocycles. The van der Waals surface area contributed by atoms with Gasteiger partial charge >= 0.3 is 5.97 Å². The van der Waals surface area contributed by atoms with Crippen molar-refractivity contribution in [1.82, 2.24) is 30.3 Å². The molecule has 12 heteroatoms. The molecule has 2 amide bonds. The number of fused-ring (bicyclic) bond motifs is 4. The van der Waals surface area contributed by atoms with Gasteiger partial charge in [-0.05, 0) is 74.6 Å². The van der Waals surface area contributed by atoms with Crippen LogP contribution in [0.25, 0.3) is 33.4 Å². The summed E-state index contributed by atoms with van der Waals surface area (Å²) in [5.41, 5.74) is 10.1. The van der Waals surface area contributed by atoms with Crippen LogP contribution in [0, 0.1) is 29.1 Å². The van der Waals surface area contributed by atoms with Gasteiger partial charge in [0.1, 0.15) is 12.1 Å². The van der Waals surface area contributed by atoms with Crippen molar-refractivity contribution in [2.45, 2.75) is 98.0 Å². The first kappa shape index (κ1) is 35.9. The molecule has 1 aromatic carbocycles. The summed E-state index contributed by atoms with van der Waals surface area (Å²) >= 11 is 1.50. The van der Waals surface area contributed by atoms with Crippen molar-refractivity contribution in [2.24, 2.45) is 29.1 Å². The highest BCUT2D eigenvalue weighted by atomic mass is 32.1. The third-order valence-corrected chi connectivity index (χ3v) is 13.2. The van der Waals surface area contributed by atoms with Crippen LogP contribution in [-0.4, -0.2) is 69.2 Å². The lowest BCUT2D eigenvalue weighted by Crippen LogP contribution is -2.71. The van der Waals surface area contributed by atoms with Crippen LogP contribution >= 0.6 is 11.3 Å². The third kappa shape index (κ3) is 6.36. The van der Waals surface area contributed by atoms with E-state index in [1.165, 1.54) is 11.3 Å². The van der Waals surface area contributed by atoms with Crippen LogP contribution in [0.5, 0.6) is 0 Å². The van der Waals surface area contributed by atoms with Gasteiger partial charge in [-0.3, -0.25) is 24.4 Å². The number of amides is 2. The summed E-state index contributed by atoms with van der Waals surface area (Å²) in [6, 6.07) is 7.08. The molecular formula is C41H50N6O5S. The fourth-order valence-electron chi connectivity index (χ4n) is 8.81. The topological polar surface area (TPSA) is 128 Å². The number of hydrogen-bond donors (Lipinski definition) is 2. The Balaban J connectivity index is 1.25. The molecule has 4 fully saturated rings. The van der Waals surface area contributed by atoms with Crippen LogP contribution in [0.15, 0.2) is 42.0 Å². The van der Waals surface area contributed by atoms with E-state index in [1.807, 2.05) is 24.7 Å². The van der Waals surface area contributed by atoms with Crippen LogP contribution in [0.3, 0.4) is 0 Å². The van der Waals surface area contributed by atoms with Gasteiger partial charge in [-0.1, -0.05) is 33.8 Å². The van der Waals surface area contributed by atoms with Gasteiger partial charge in [0, 0.05) is 82.8 Å². The molecule has 0 radical (unpaired) electrons. The Kier molecular flexibility index (Phi) is 9.22. The van der Waals surface area contributed by atoms with Crippen molar-refractivity contribution in [3.8, 4) is 22.5 Å². The van der Waals surface area contributed by atoms with Crippen molar-refractivity contribution < 1.29 is 23.9 Å². The average molecular weight is 739 g/mol. The molecule has 8 bridgehead atoms. The summed E-state index contributed by atoms with van der Waals surface area (Å²) in [4.78, 5) is 51.2. The van der Waals surface area contributed by atoms with Gasteiger partial charge in [-0.15, -0.1) is 11.3 Å². The molecule has 2 N–H and O–H groups in total. The lowest BCUT2D eigenvalue weighted by molar-refractivity contribution is -0.171. The first-order valence-corrected chi connectivity index (χ1v) is 19.9. The van der Waals surface area contributed by atoms with Crippen LogP contribution in [-0.2, 0) is 43.2 Å². The van der Waals surface area contributed by atoms with E-state index in [4.69, 9.17) is 14.5 Å². The number of cyclic esters (lactones) is 1. The summed E-state index contributed by atoms with van der Waals surface area (Å²) in [6.45, 7) is 13.6. The number of rotatable bonds is 6. The first-order valence-electron chi connectivity index (χ1n) is 19.0.